The van der Waals surface area contributed by atoms with Gasteiger partial charge in [0.15, 0.2) is 0 Å². The van der Waals surface area contributed by atoms with E-state index < -0.39 is 0 Å². The van der Waals surface area contributed by atoms with Gasteiger partial charge in [0.05, 0.1) is 0 Å². The van der Waals surface area contributed by atoms with Crippen LogP contribution in [0, 0.1) is 6.92 Å². The van der Waals surface area contributed by atoms with E-state index >= 15 is 0 Å². The number of halogens is 1. The first-order valence-electron chi connectivity index (χ1n) is 5.22. The maximum absolute atomic E-state index is 11.6. The lowest BCUT2D eigenvalue weighted by atomic mass is 10.1. The van der Waals surface area contributed by atoms with Gasteiger partial charge in [-0.15, -0.1) is 11.6 Å². The molecule has 0 aliphatic rings. The predicted molar refractivity (Wildman–Crippen MR) is 65.1 cm³/mol. The van der Waals surface area contributed by atoms with Gasteiger partial charge in [0.1, 0.15) is 5.75 Å². The highest BCUT2D eigenvalue weighted by molar-refractivity contribution is 6.20. The number of nitrogens with one attached hydrogen (secondary N) is 1. The summed E-state index contributed by atoms with van der Waals surface area (Å²) in [7, 11) is 0. The lowest BCUT2D eigenvalue weighted by molar-refractivity contribution is 0.0953. The third-order valence-electron chi connectivity index (χ3n) is 2.30. The second-order valence-corrected chi connectivity index (χ2v) is 4.57. The van der Waals surface area contributed by atoms with E-state index in [2.05, 4.69) is 5.32 Å². The Hall–Kier alpha value is -1.22. The molecule has 1 aromatic carbocycles. The number of hydrogen-bond donors (Lipinski definition) is 2. The number of rotatable bonds is 4. The van der Waals surface area contributed by atoms with Crippen molar-refractivity contribution in [3.63, 3.8) is 0 Å². The molecule has 1 unspecified atom stereocenters. The molecule has 0 aliphatic carbocycles. The Morgan fingerprint density at radius 2 is 2.25 bits per heavy atom. The molecule has 1 amide bonds. The van der Waals surface area contributed by atoms with Crippen molar-refractivity contribution < 1.29 is 9.90 Å². The van der Waals surface area contributed by atoms with Crippen LogP contribution in [0.3, 0.4) is 0 Å². The number of carbonyl (C=O) groups excluding carboxylic acids is 1. The first-order valence-corrected chi connectivity index (χ1v) is 5.66. The zero-order valence-electron chi connectivity index (χ0n) is 9.46. The van der Waals surface area contributed by atoms with Crippen LogP contribution >= 0.6 is 11.6 Å². The van der Waals surface area contributed by atoms with Gasteiger partial charge in [-0.1, -0.05) is 6.07 Å². The van der Waals surface area contributed by atoms with Gasteiger partial charge in [0, 0.05) is 17.5 Å². The number of benzene rings is 1. The van der Waals surface area contributed by atoms with E-state index in [0.29, 0.717) is 12.1 Å². The predicted octanol–water partition coefficient (Wildman–Crippen LogP) is 2.45. The third kappa shape index (κ3) is 3.74. The van der Waals surface area contributed by atoms with Crippen molar-refractivity contribution >= 4 is 17.5 Å². The van der Waals surface area contributed by atoms with E-state index in [9.17, 15) is 9.90 Å². The first-order chi connectivity index (χ1) is 7.50. The van der Waals surface area contributed by atoms with Crippen molar-refractivity contribution in [3.8, 4) is 5.75 Å². The van der Waals surface area contributed by atoms with Crippen LogP contribution < -0.4 is 5.32 Å². The number of aryl methyl sites for hydroxylation is 1. The Kier molecular flexibility index (Phi) is 4.62. The Morgan fingerprint density at radius 3 is 2.81 bits per heavy atom. The van der Waals surface area contributed by atoms with Gasteiger partial charge in [-0.05, 0) is 38.0 Å². The van der Waals surface area contributed by atoms with Gasteiger partial charge < -0.3 is 10.4 Å². The van der Waals surface area contributed by atoms with Crippen LogP contribution in [0.1, 0.15) is 29.3 Å². The minimum Gasteiger partial charge on any atom is -0.508 e. The number of hydrogen-bond acceptors (Lipinski definition) is 2. The van der Waals surface area contributed by atoms with Gasteiger partial charge in [0.2, 0.25) is 0 Å². The molecule has 0 spiro atoms. The highest BCUT2D eigenvalue weighted by atomic mass is 35.5. The molecule has 1 atom stereocenters. The molecule has 3 nitrogen and oxygen atoms in total. The SMILES string of the molecule is Cc1ccc(C(=O)NCCC(C)Cl)cc1O. The highest BCUT2D eigenvalue weighted by Gasteiger charge is 2.07. The second-order valence-electron chi connectivity index (χ2n) is 3.83. The molecular weight excluding hydrogens is 226 g/mol. The maximum Gasteiger partial charge on any atom is 0.251 e. The molecule has 0 saturated heterocycles. The van der Waals surface area contributed by atoms with Gasteiger partial charge >= 0.3 is 0 Å². The molecule has 0 saturated carbocycles. The monoisotopic (exact) mass is 241 g/mol. The highest BCUT2D eigenvalue weighted by Crippen LogP contribution is 2.17. The van der Waals surface area contributed by atoms with Crippen LogP contribution in [-0.2, 0) is 0 Å². The van der Waals surface area contributed by atoms with E-state index in [-0.39, 0.29) is 17.0 Å². The summed E-state index contributed by atoms with van der Waals surface area (Å²) in [5, 5.41) is 12.3. The maximum atomic E-state index is 11.6. The second kappa shape index (κ2) is 5.75. The van der Waals surface area contributed by atoms with Crippen LogP contribution in [0.15, 0.2) is 18.2 Å². The van der Waals surface area contributed by atoms with Crippen molar-refractivity contribution in [2.24, 2.45) is 0 Å². The normalized spacial score (nSPS) is 12.2. The molecule has 0 aromatic heterocycles. The van der Waals surface area contributed by atoms with Crippen molar-refractivity contribution in [2.45, 2.75) is 25.6 Å². The summed E-state index contributed by atoms with van der Waals surface area (Å²) >= 11 is 5.76. The Balaban J connectivity index is 2.56. The van der Waals surface area contributed by atoms with E-state index in [4.69, 9.17) is 11.6 Å². The summed E-state index contributed by atoms with van der Waals surface area (Å²) in [4.78, 5) is 11.6. The minimum absolute atomic E-state index is 0.0479. The summed E-state index contributed by atoms with van der Waals surface area (Å²) in [5.41, 5.74) is 1.22. The van der Waals surface area contributed by atoms with Crippen LogP contribution in [-0.4, -0.2) is 22.9 Å². The number of alkyl halides is 1. The van der Waals surface area contributed by atoms with Gasteiger partial charge in [0.25, 0.3) is 5.91 Å². The summed E-state index contributed by atoms with van der Waals surface area (Å²) in [6.45, 7) is 4.20. The van der Waals surface area contributed by atoms with Crippen LogP contribution in [0.25, 0.3) is 0 Å². The largest absolute Gasteiger partial charge is 0.508 e. The molecule has 1 rings (SSSR count). The minimum atomic E-state index is -0.187. The Bertz CT molecular complexity index is 377. The van der Waals surface area contributed by atoms with Crippen molar-refractivity contribution in [1.82, 2.24) is 5.32 Å². The number of phenols is 1. The lowest BCUT2D eigenvalue weighted by Crippen LogP contribution is -2.25. The number of amides is 1. The fourth-order valence-electron chi connectivity index (χ4n) is 1.24. The fraction of sp³-hybridized carbons (Fsp3) is 0.417. The van der Waals surface area contributed by atoms with Crippen LogP contribution in [0.2, 0.25) is 0 Å². The van der Waals surface area contributed by atoms with Crippen LogP contribution in [0.5, 0.6) is 5.75 Å². The van der Waals surface area contributed by atoms with Crippen LogP contribution in [0.4, 0.5) is 0 Å². The molecule has 0 fully saturated rings. The molecule has 0 aliphatic heterocycles. The van der Waals surface area contributed by atoms with E-state index in [1.807, 2.05) is 6.92 Å². The van der Waals surface area contributed by atoms with Gasteiger partial charge in [-0.25, -0.2) is 0 Å². The van der Waals surface area contributed by atoms with Crippen molar-refractivity contribution in [3.05, 3.63) is 29.3 Å². The average molecular weight is 242 g/mol. The lowest BCUT2D eigenvalue weighted by Gasteiger charge is -2.07. The van der Waals surface area contributed by atoms with Gasteiger partial charge in [-0.3, -0.25) is 4.79 Å². The molecule has 0 heterocycles. The van der Waals surface area contributed by atoms with E-state index in [0.717, 1.165) is 12.0 Å². The molecule has 0 bridgehead atoms. The number of phenolic OH excluding ortho intramolecular Hbond substituents is 1. The summed E-state index contributed by atoms with van der Waals surface area (Å²) in [6, 6.07) is 4.87. The van der Waals surface area contributed by atoms with Crippen molar-refractivity contribution in [2.75, 3.05) is 6.54 Å². The molecule has 0 radical (unpaired) electrons. The Morgan fingerprint density at radius 1 is 1.56 bits per heavy atom. The quantitative estimate of drug-likeness (QED) is 0.796. The number of aromatic hydroxyl groups is 1. The van der Waals surface area contributed by atoms with E-state index in [1.165, 1.54) is 6.07 Å². The molecule has 2 N–H and O–H groups in total. The van der Waals surface area contributed by atoms with E-state index in [1.54, 1.807) is 19.1 Å². The fourth-order valence-corrected chi connectivity index (χ4v) is 1.35. The van der Waals surface area contributed by atoms with Crippen molar-refractivity contribution in [1.29, 1.82) is 0 Å². The summed E-state index contributed by atoms with van der Waals surface area (Å²) in [6.07, 6.45) is 0.727. The average Bonchev–Trinajstić information content (AvgIpc) is 2.21. The molecule has 4 heteroatoms. The molecule has 1 aromatic rings. The summed E-state index contributed by atoms with van der Waals surface area (Å²) < 4.78 is 0. The van der Waals surface area contributed by atoms with Gasteiger partial charge in [-0.2, -0.15) is 0 Å². The smallest absolute Gasteiger partial charge is 0.251 e. The topological polar surface area (TPSA) is 49.3 Å². The zero-order valence-corrected chi connectivity index (χ0v) is 10.2. The standard InChI is InChI=1S/C12H16ClNO2/c1-8-3-4-10(7-11(8)15)12(16)14-6-5-9(2)13/h3-4,7,9,15H,5-6H2,1-2H3,(H,14,16). The molecule has 88 valence electrons. The first kappa shape index (κ1) is 12.8. The number of carbonyl (C=O) groups is 1. The zero-order chi connectivity index (χ0) is 12.1. The molecule has 16 heavy (non-hydrogen) atoms. The Labute approximate surface area is 100 Å². The summed E-state index contributed by atoms with van der Waals surface area (Å²) in [5.74, 6) is -0.0500. The molecular formula is C12H16ClNO2. The third-order valence-corrected chi connectivity index (χ3v) is 2.52.